The molecule has 0 spiro atoms. The molecule has 0 aromatic carbocycles. The molecule has 0 aliphatic rings. The number of rotatable bonds is 4. The van der Waals surface area contributed by atoms with E-state index in [1.807, 2.05) is 6.92 Å². The van der Waals surface area contributed by atoms with E-state index in [1.54, 1.807) is 0 Å². The summed E-state index contributed by atoms with van der Waals surface area (Å²) in [5.41, 5.74) is 3.21. The zero-order valence-corrected chi connectivity index (χ0v) is 7.53. The fraction of sp³-hybridized carbons (Fsp3) is 1.00. The molecule has 10 heavy (non-hydrogen) atoms. The van der Waals surface area contributed by atoms with Crippen LogP contribution in [0.5, 0.6) is 0 Å². The molecular formula is C8H19NO. The SMILES string of the molecule is CCNOCCC(C)(C)C. The number of hydrogen-bond acceptors (Lipinski definition) is 2. The second-order valence-electron chi connectivity index (χ2n) is 3.66. The highest BCUT2D eigenvalue weighted by atomic mass is 16.6. The van der Waals surface area contributed by atoms with Gasteiger partial charge < -0.3 is 4.84 Å². The van der Waals surface area contributed by atoms with Crippen molar-refractivity contribution in [2.45, 2.75) is 34.1 Å². The molecule has 0 saturated heterocycles. The Balaban J connectivity index is 3.04. The van der Waals surface area contributed by atoms with Crippen LogP contribution in [0.1, 0.15) is 34.1 Å². The summed E-state index contributed by atoms with van der Waals surface area (Å²) < 4.78 is 0. The van der Waals surface area contributed by atoms with E-state index < -0.39 is 0 Å². The fourth-order valence-corrected chi connectivity index (χ4v) is 0.531. The van der Waals surface area contributed by atoms with Gasteiger partial charge in [0.25, 0.3) is 0 Å². The Labute approximate surface area is 63.9 Å². The minimum Gasteiger partial charge on any atom is -0.302 e. The van der Waals surface area contributed by atoms with E-state index >= 15 is 0 Å². The largest absolute Gasteiger partial charge is 0.302 e. The van der Waals surface area contributed by atoms with Crippen molar-refractivity contribution >= 4 is 0 Å². The van der Waals surface area contributed by atoms with E-state index in [1.165, 1.54) is 0 Å². The van der Waals surface area contributed by atoms with Gasteiger partial charge in [-0.15, -0.1) is 0 Å². The van der Waals surface area contributed by atoms with E-state index in [4.69, 9.17) is 4.84 Å². The molecule has 0 rings (SSSR count). The molecule has 0 unspecified atom stereocenters. The van der Waals surface area contributed by atoms with E-state index in [9.17, 15) is 0 Å². The van der Waals surface area contributed by atoms with Crippen molar-refractivity contribution in [2.75, 3.05) is 13.2 Å². The molecule has 0 radical (unpaired) electrons. The second-order valence-corrected chi connectivity index (χ2v) is 3.66. The van der Waals surface area contributed by atoms with E-state index in [0.29, 0.717) is 5.41 Å². The zero-order chi connectivity index (χ0) is 8.04. The normalized spacial score (nSPS) is 12.0. The average molecular weight is 145 g/mol. The van der Waals surface area contributed by atoms with Gasteiger partial charge in [-0.3, -0.25) is 0 Å². The van der Waals surface area contributed by atoms with Crippen LogP contribution in [0.2, 0.25) is 0 Å². The molecule has 0 atom stereocenters. The first-order valence-electron chi connectivity index (χ1n) is 3.91. The lowest BCUT2D eigenvalue weighted by molar-refractivity contribution is 0.0291. The van der Waals surface area contributed by atoms with Crippen molar-refractivity contribution in [3.05, 3.63) is 0 Å². The molecule has 0 saturated carbocycles. The lowest BCUT2D eigenvalue weighted by atomic mass is 9.93. The van der Waals surface area contributed by atoms with Crippen molar-refractivity contribution in [2.24, 2.45) is 5.41 Å². The van der Waals surface area contributed by atoms with Gasteiger partial charge in [0, 0.05) is 6.54 Å². The Kier molecular flexibility index (Phi) is 4.65. The third-order valence-corrected chi connectivity index (χ3v) is 1.20. The summed E-state index contributed by atoms with van der Waals surface area (Å²) in [6.07, 6.45) is 1.10. The Morgan fingerprint density at radius 1 is 1.30 bits per heavy atom. The van der Waals surface area contributed by atoms with Gasteiger partial charge in [0.2, 0.25) is 0 Å². The van der Waals surface area contributed by atoms with Crippen LogP contribution < -0.4 is 5.48 Å². The maximum Gasteiger partial charge on any atom is 0.0687 e. The predicted octanol–water partition coefficient (Wildman–Crippen LogP) is 1.96. The van der Waals surface area contributed by atoms with Crippen LogP contribution in [0, 0.1) is 5.41 Å². The molecule has 62 valence electrons. The van der Waals surface area contributed by atoms with Gasteiger partial charge in [-0.1, -0.05) is 27.7 Å². The highest BCUT2D eigenvalue weighted by Crippen LogP contribution is 2.17. The second kappa shape index (κ2) is 4.69. The maximum absolute atomic E-state index is 5.11. The van der Waals surface area contributed by atoms with Crippen molar-refractivity contribution < 1.29 is 4.84 Å². The van der Waals surface area contributed by atoms with Crippen molar-refractivity contribution in [3.63, 3.8) is 0 Å². The molecule has 0 fully saturated rings. The van der Waals surface area contributed by atoms with Gasteiger partial charge in [0.1, 0.15) is 0 Å². The van der Waals surface area contributed by atoms with Gasteiger partial charge >= 0.3 is 0 Å². The van der Waals surface area contributed by atoms with Gasteiger partial charge in [0.15, 0.2) is 0 Å². The lowest BCUT2D eigenvalue weighted by Crippen LogP contribution is -2.18. The first kappa shape index (κ1) is 9.92. The third-order valence-electron chi connectivity index (χ3n) is 1.20. The predicted molar refractivity (Wildman–Crippen MR) is 43.7 cm³/mol. The minimum atomic E-state index is 0.384. The summed E-state index contributed by atoms with van der Waals surface area (Å²) in [6.45, 7) is 10.3. The Bertz CT molecular complexity index is 75.8. The van der Waals surface area contributed by atoms with Crippen LogP contribution in [0.4, 0.5) is 0 Å². The molecule has 0 heterocycles. The maximum atomic E-state index is 5.11. The first-order valence-corrected chi connectivity index (χ1v) is 3.91. The molecule has 2 nitrogen and oxygen atoms in total. The molecule has 0 aliphatic heterocycles. The molecular weight excluding hydrogens is 126 g/mol. The first-order chi connectivity index (χ1) is 4.56. The molecule has 1 N–H and O–H groups in total. The van der Waals surface area contributed by atoms with Crippen LogP contribution in [-0.2, 0) is 4.84 Å². The van der Waals surface area contributed by atoms with Crippen LogP contribution in [0.3, 0.4) is 0 Å². The van der Waals surface area contributed by atoms with Crippen molar-refractivity contribution in [3.8, 4) is 0 Å². The number of nitrogens with one attached hydrogen (secondary N) is 1. The van der Waals surface area contributed by atoms with Gasteiger partial charge in [0.05, 0.1) is 6.61 Å². The average Bonchev–Trinajstić information content (AvgIpc) is 1.78. The minimum absolute atomic E-state index is 0.384. The summed E-state index contributed by atoms with van der Waals surface area (Å²) in [5.74, 6) is 0. The summed E-state index contributed by atoms with van der Waals surface area (Å²) in [7, 11) is 0. The summed E-state index contributed by atoms with van der Waals surface area (Å²) in [6, 6.07) is 0. The summed E-state index contributed by atoms with van der Waals surface area (Å²) in [4.78, 5) is 5.11. The zero-order valence-electron chi connectivity index (χ0n) is 7.53. The molecule has 0 amide bonds. The van der Waals surface area contributed by atoms with Crippen LogP contribution in [0.15, 0.2) is 0 Å². The van der Waals surface area contributed by atoms with E-state index in [-0.39, 0.29) is 0 Å². The molecule has 2 heteroatoms. The molecule has 0 aromatic rings. The van der Waals surface area contributed by atoms with Crippen LogP contribution >= 0.6 is 0 Å². The summed E-state index contributed by atoms with van der Waals surface area (Å²) >= 11 is 0. The monoisotopic (exact) mass is 145 g/mol. The van der Waals surface area contributed by atoms with Gasteiger partial charge in [-0.25, -0.2) is 5.48 Å². The van der Waals surface area contributed by atoms with Crippen molar-refractivity contribution in [1.82, 2.24) is 5.48 Å². The smallest absolute Gasteiger partial charge is 0.0687 e. The van der Waals surface area contributed by atoms with Crippen LogP contribution in [-0.4, -0.2) is 13.2 Å². The highest BCUT2D eigenvalue weighted by molar-refractivity contribution is 4.59. The fourth-order valence-electron chi connectivity index (χ4n) is 0.531. The van der Waals surface area contributed by atoms with Gasteiger partial charge in [-0.2, -0.15) is 0 Å². The molecule has 0 bridgehead atoms. The van der Waals surface area contributed by atoms with E-state index in [2.05, 4.69) is 26.3 Å². The Morgan fingerprint density at radius 2 is 1.90 bits per heavy atom. The molecule has 0 aliphatic carbocycles. The van der Waals surface area contributed by atoms with Crippen molar-refractivity contribution in [1.29, 1.82) is 0 Å². The summed E-state index contributed by atoms with van der Waals surface area (Å²) in [5, 5.41) is 0. The number of hydrogen-bond donors (Lipinski definition) is 1. The van der Waals surface area contributed by atoms with E-state index in [0.717, 1.165) is 19.6 Å². The Morgan fingerprint density at radius 3 is 2.30 bits per heavy atom. The third kappa shape index (κ3) is 7.92. The quantitative estimate of drug-likeness (QED) is 0.482. The van der Waals surface area contributed by atoms with Crippen LogP contribution in [0.25, 0.3) is 0 Å². The Hall–Kier alpha value is -0.0800. The standard InChI is InChI=1S/C8H19NO/c1-5-9-10-7-6-8(2,3)4/h9H,5-7H2,1-4H3. The highest BCUT2D eigenvalue weighted by Gasteiger charge is 2.08. The number of hydroxylamine groups is 1. The lowest BCUT2D eigenvalue weighted by Gasteiger charge is -2.17. The van der Waals surface area contributed by atoms with Gasteiger partial charge in [-0.05, 0) is 11.8 Å². The molecule has 0 aromatic heterocycles. The topological polar surface area (TPSA) is 21.3 Å².